The summed E-state index contributed by atoms with van der Waals surface area (Å²) in [5.41, 5.74) is 0.925. The molecular formula is C15H22N2O4S. The third-order valence-corrected chi connectivity index (χ3v) is 6.70. The maximum atomic E-state index is 12.9. The summed E-state index contributed by atoms with van der Waals surface area (Å²) in [4.78, 5) is 5.53. The van der Waals surface area contributed by atoms with Gasteiger partial charge < -0.3 is 4.74 Å². The van der Waals surface area contributed by atoms with Crippen LogP contribution in [0.2, 0.25) is 0 Å². The van der Waals surface area contributed by atoms with E-state index in [-0.39, 0.29) is 12.6 Å². The van der Waals surface area contributed by atoms with Crippen molar-refractivity contribution in [2.75, 3.05) is 33.9 Å². The lowest BCUT2D eigenvalue weighted by Crippen LogP contribution is -2.41. The van der Waals surface area contributed by atoms with E-state index < -0.39 is 15.3 Å². The summed E-state index contributed by atoms with van der Waals surface area (Å²) in [7, 11) is 0.0487. The normalized spacial score (nSPS) is 27.4. The van der Waals surface area contributed by atoms with E-state index in [0.717, 1.165) is 24.2 Å². The standard InChI is InChI=1S/C15H22N2O4S/c1-16-15(12-5-7-13(20-2)8-6-12)14(11-21-16)22(18,19)17-9-3-4-10-17/h5-8,14-15H,3-4,9-11H2,1-2H3. The average molecular weight is 326 g/mol. The molecule has 3 rings (SSSR count). The number of hydrogen-bond acceptors (Lipinski definition) is 5. The Morgan fingerprint density at radius 2 is 1.82 bits per heavy atom. The summed E-state index contributed by atoms with van der Waals surface area (Å²) >= 11 is 0. The fraction of sp³-hybridized carbons (Fsp3) is 0.600. The van der Waals surface area contributed by atoms with Gasteiger partial charge in [-0.05, 0) is 30.5 Å². The summed E-state index contributed by atoms with van der Waals surface area (Å²) in [5, 5.41) is 1.09. The van der Waals surface area contributed by atoms with E-state index in [2.05, 4.69) is 0 Å². The molecule has 2 aliphatic heterocycles. The fourth-order valence-electron chi connectivity index (χ4n) is 3.21. The van der Waals surface area contributed by atoms with Crippen molar-refractivity contribution in [3.63, 3.8) is 0 Å². The van der Waals surface area contributed by atoms with E-state index >= 15 is 0 Å². The van der Waals surface area contributed by atoms with Crippen molar-refractivity contribution in [3.05, 3.63) is 29.8 Å². The molecule has 0 bridgehead atoms. The van der Waals surface area contributed by atoms with Gasteiger partial charge in [-0.3, -0.25) is 4.84 Å². The van der Waals surface area contributed by atoms with Crippen molar-refractivity contribution in [1.82, 2.24) is 9.37 Å². The number of sulfonamides is 1. The summed E-state index contributed by atoms with van der Waals surface area (Å²) in [6, 6.07) is 7.21. The largest absolute Gasteiger partial charge is 0.497 e. The van der Waals surface area contributed by atoms with Crippen LogP contribution in [-0.2, 0) is 14.9 Å². The lowest BCUT2D eigenvalue weighted by atomic mass is 10.0. The number of nitrogens with zero attached hydrogens (tertiary/aromatic N) is 2. The Labute approximate surface area is 131 Å². The average Bonchev–Trinajstić information content (AvgIpc) is 3.17. The van der Waals surface area contributed by atoms with Gasteiger partial charge in [-0.15, -0.1) is 0 Å². The SMILES string of the molecule is COc1ccc(C2C(S(=O)(=O)N3CCCC3)CON2C)cc1. The predicted molar refractivity (Wildman–Crippen MR) is 83.0 cm³/mol. The van der Waals surface area contributed by atoms with Gasteiger partial charge in [-0.1, -0.05) is 12.1 Å². The summed E-state index contributed by atoms with van der Waals surface area (Å²) < 4.78 is 32.5. The first kappa shape index (κ1) is 15.7. The van der Waals surface area contributed by atoms with Crippen LogP contribution in [0.15, 0.2) is 24.3 Å². The topological polar surface area (TPSA) is 59.1 Å². The van der Waals surface area contributed by atoms with Gasteiger partial charge in [0.15, 0.2) is 0 Å². The van der Waals surface area contributed by atoms with E-state index in [1.807, 2.05) is 24.3 Å². The molecule has 7 heteroatoms. The van der Waals surface area contributed by atoms with Gasteiger partial charge in [0.05, 0.1) is 19.8 Å². The van der Waals surface area contributed by atoms with Crippen molar-refractivity contribution >= 4 is 10.0 Å². The molecule has 2 saturated heterocycles. The van der Waals surface area contributed by atoms with Crippen molar-refractivity contribution < 1.29 is 18.0 Å². The molecule has 2 aliphatic rings. The molecule has 2 heterocycles. The van der Waals surface area contributed by atoms with Gasteiger partial charge in [-0.2, -0.15) is 5.06 Å². The highest BCUT2D eigenvalue weighted by Crippen LogP contribution is 2.36. The van der Waals surface area contributed by atoms with Crippen LogP contribution in [0.25, 0.3) is 0 Å². The highest BCUT2D eigenvalue weighted by Gasteiger charge is 2.46. The monoisotopic (exact) mass is 326 g/mol. The molecule has 0 saturated carbocycles. The first-order valence-electron chi connectivity index (χ1n) is 7.52. The van der Waals surface area contributed by atoms with Crippen LogP contribution in [0, 0.1) is 0 Å². The van der Waals surface area contributed by atoms with Crippen molar-refractivity contribution in [2.24, 2.45) is 0 Å². The third kappa shape index (κ3) is 2.74. The van der Waals surface area contributed by atoms with E-state index in [0.29, 0.717) is 13.1 Å². The number of rotatable bonds is 4. The molecule has 1 aromatic carbocycles. The molecular weight excluding hydrogens is 304 g/mol. The molecule has 0 N–H and O–H groups in total. The molecule has 0 spiro atoms. The Hall–Kier alpha value is -1.15. The van der Waals surface area contributed by atoms with Crippen molar-refractivity contribution in [2.45, 2.75) is 24.1 Å². The molecule has 6 nitrogen and oxygen atoms in total. The van der Waals surface area contributed by atoms with E-state index in [1.165, 1.54) is 0 Å². The molecule has 0 radical (unpaired) electrons. The smallest absolute Gasteiger partial charge is 0.221 e. The second-order valence-corrected chi connectivity index (χ2v) is 7.90. The van der Waals surface area contributed by atoms with Gasteiger partial charge in [0.2, 0.25) is 10.0 Å². The molecule has 1 aromatic rings. The molecule has 0 amide bonds. The number of ether oxygens (including phenoxy) is 1. The number of methoxy groups -OCH3 is 1. The van der Waals surface area contributed by atoms with Crippen LogP contribution in [0.3, 0.4) is 0 Å². The van der Waals surface area contributed by atoms with E-state index in [4.69, 9.17) is 9.57 Å². The van der Waals surface area contributed by atoms with Gasteiger partial charge in [0.1, 0.15) is 11.0 Å². The zero-order valence-corrected chi connectivity index (χ0v) is 13.8. The third-order valence-electron chi connectivity index (χ3n) is 4.45. The van der Waals surface area contributed by atoms with Crippen LogP contribution >= 0.6 is 0 Å². The van der Waals surface area contributed by atoms with Gasteiger partial charge in [-0.25, -0.2) is 12.7 Å². The van der Waals surface area contributed by atoms with Gasteiger partial charge >= 0.3 is 0 Å². The minimum Gasteiger partial charge on any atom is -0.497 e. The lowest BCUT2D eigenvalue weighted by molar-refractivity contribution is -0.110. The Kier molecular flexibility index (Phi) is 4.40. The van der Waals surface area contributed by atoms with Crippen LogP contribution in [0.5, 0.6) is 5.75 Å². The molecule has 0 aliphatic carbocycles. The van der Waals surface area contributed by atoms with Crippen molar-refractivity contribution in [1.29, 1.82) is 0 Å². The molecule has 2 unspecified atom stereocenters. The number of hydrogen-bond donors (Lipinski definition) is 0. The number of benzene rings is 1. The first-order valence-corrected chi connectivity index (χ1v) is 9.03. The Balaban J connectivity index is 1.89. The van der Waals surface area contributed by atoms with Crippen molar-refractivity contribution in [3.8, 4) is 5.75 Å². The van der Waals surface area contributed by atoms with Crippen LogP contribution in [0.1, 0.15) is 24.4 Å². The minimum atomic E-state index is -3.35. The second kappa shape index (κ2) is 6.16. The number of hydroxylamine groups is 2. The van der Waals surface area contributed by atoms with Crippen LogP contribution < -0.4 is 4.74 Å². The summed E-state index contributed by atoms with van der Waals surface area (Å²) in [5.74, 6) is 0.754. The molecule has 0 aromatic heterocycles. The van der Waals surface area contributed by atoms with E-state index in [1.54, 1.807) is 23.5 Å². The van der Waals surface area contributed by atoms with Gasteiger partial charge in [0.25, 0.3) is 0 Å². The Morgan fingerprint density at radius 1 is 1.18 bits per heavy atom. The Morgan fingerprint density at radius 3 is 2.41 bits per heavy atom. The highest BCUT2D eigenvalue weighted by molar-refractivity contribution is 7.89. The second-order valence-electron chi connectivity index (χ2n) is 5.75. The quantitative estimate of drug-likeness (QED) is 0.837. The minimum absolute atomic E-state index is 0.200. The molecule has 2 fully saturated rings. The maximum Gasteiger partial charge on any atom is 0.221 e. The molecule has 22 heavy (non-hydrogen) atoms. The maximum absolute atomic E-state index is 12.9. The van der Waals surface area contributed by atoms with E-state index in [9.17, 15) is 8.42 Å². The lowest BCUT2D eigenvalue weighted by Gasteiger charge is -2.26. The fourth-order valence-corrected chi connectivity index (χ4v) is 5.24. The zero-order valence-electron chi connectivity index (χ0n) is 12.9. The summed E-state index contributed by atoms with van der Waals surface area (Å²) in [6.07, 6.45) is 1.88. The molecule has 122 valence electrons. The molecule has 2 atom stereocenters. The predicted octanol–water partition coefficient (Wildman–Crippen LogP) is 1.41. The van der Waals surface area contributed by atoms with Crippen LogP contribution in [-0.4, -0.2) is 56.9 Å². The highest BCUT2D eigenvalue weighted by atomic mass is 32.2. The van der Waals surface area contributed by atoms with Crippen LogP contribution in [0.4, 0.5) is 0 Å². The summed E-state index contributed by atoms with van der Waals surface area (Å²) in [6.45, 7) is 1.45. The first-order chi connectivity index (χ1) is 10.5. The van der Waals surface area contributed by atoms with Gasteiger partial charge in [0, 0.05) is 20.1 Å². The zero-order chi connectivity index (χ0) is 15.7. The Bertz CT molecular complexity index is 611.